The molecule has 1 aromatic heterocycles. The van der Waals surface area contributed by atoms with Gasteiger partial charge in [-0.15, -0.1) is 0 Å². The first-order valence-corrected chi connectivity index (χ1v) is 10.4. The lowest BCUT2D eigenvalue weighted by molar-refractivity contribution is -0.183. The summed E-state index contributed by atoms with van der Waals surface area (Å²) < 4.78 is 21.7. The number of ether oxygens (including phenoxy) is 3. The summed E-state index contributed by atoms with van der Waals surface area (Å²) in [5.41, 5.74) is 0.842. The van der Waals surface area contributed by atoms with E-state index in [1.165, 1.54) is 14.0 Å². The Labute approximate surface area is 175 Å². The summed E-state index contributed by atoms with van der Waals surface area (Å²) in [5, 5.41) is 0. The van der Waals surface area contributed by atoms with Gasteiger partial charge in [-0.25, -0.2) is 0 Å². The van der Waals surface area contributed by atoms with E-state index >= 15 is 0 Å². The van der Waals surface area contributed by atoms with E-state index in [2.05, 4.69) is 6.92 Å². The van der Waals surface area contributed by atoms with Crippen molar-refractivity contribution in [3.05, 3.63) is 36.0 Å². The summed E-state index contributed by atoms with van der Waals surface area (Å²) in [7, 11) is 1.36. The van der Waals surface area contributed by atoms with E-state index in [1.807, 2.05) is 13.0 Å². The molecule has 162 valence electrons. The average Bonchev–Trinajstić information content (AvgIpc) is 3.23. The molecule has 0 amide bonds. The fourth-order valence-corrected chi connectivity index (χ4v) is 6.06. The number of Topliss-reactive ketones (excluding diaryl/α,β-unsaturated/α-hetero) is 1. The lowest BCUT2D eigenvalue weighted by Crippen LogP contribution is -2.61. The Morgan fingerprint density at radius 1 is 1.27 bits per heavy atom. The van der Waals surface area contributed by atoms with Crippen LogP contribution in [0.15, 0.2) is 34.8 Å². The van der Waals surface area contributed by atoms with Crippen molar-refractivity contribution >= 4 is 17.7 Å². The van der Waals surface area contributed by atoms with Crippen molar-refractivity contribution in [3.8, 4) is 0 Å². The van der Waals surface area contributed by atoms with Gasteiger partial charge in [0.25, 0.3) is 0 Å². The van der Waals surface area contributed by atoms with Crippen molar-refractivity contribution in [2.45, 2.75) is 58.7 Å². The molecule has 30 heavy (non-hydrogen) atoms. The molecule has 0 saturated heterocycles. The number of fused-ring (bicyclic) bond motifs is 3. The number of ketones is 1. The van der Waals surface area contributed by atoms with Crippen LogP contribution in [-0.2, 0) is 28.6 Å². The highest BCUT2D eigenvalue weighted by Crippen LogP contribution is 2.64. The molecule has 2 fully saturated rings. The van der Waals surface area contributed by atoms with E-state index in [9.17, 15) is 14.4 Å². The first-order chi connectivity index (χ1) is 14.2. The van der Waals surface area contributed by atoms with Crippen LogP contribution in [0.25, 0.3) is 0 Å². The van der Waals surface area contributed by atoms with Gasteiger partial charge < -0.3 is 18.6 Å². The molecule has 1 aromatic rings. The standard InChI is InChI=1S/C23H28O7/c1-13(24)30-17-9-16(21(26)27-4)22(2)7-5-15-12-29-18(14-6-8-28-11-14)10-23(15,3)20(22)19(17)25/h6,8,11-12,16-18,20H,5,7,9-10H2,1-4H3/t16-,17-,18-,20-,22-,23-/m0/s1. The van der Waals surface area contributed by atoms with Crippen molar-refractivity contribution in [3.63, 3.8) is 0 Å². The largest absolute Gasteiger partial charge is 0.493 e. The van der Waals surface area contributed by atoms with E-state index in [1.54, 1.807) is 18.8 Å². The van der Waals surface area contributed by atoms with Crippen LogP contribution in [0.3, 0.4) is 0 Å². The summed E-state index contributed by atoms with van der Waals surface area (Å²) in [6.07, 6.45) is 5.96. The van der Waals surface area contributed by atoms with Gasteiger partial charge in [-0.1, -0.05) is 13.8 Å². The second-order valence-corrected chi connectivity index (χ2v) is 9.20. The minimum absolute atomic E-state index is 0.117. The SMILES string of the molecule is COC(=O)[C@@H]1C[C@H](OC(C)=O)C(=O)[C@H]2[C@@]1(C)CCC1=CO[C@H](c3ccoc3)C[C@@]12C. The van der Waals surface area contributed by atoms with Gasteiger partial charge in [-0.2, -0.15) is 0 Å². The fraction of sp³-hybridized carbons (Fsp3) is 0.609. The van der Waals surface area contributed by atoms with Gasteiger partial charge in [0.1, 0.15) is 6.10 Å². The third-order valence-corrected chi connectivity index (χ3v) is 7.50. The summed E-state index contributed by atoms with van der Waals surface area (Å²) in [5.74, 6) is -2.02. The van der Waals surface area contributed by atoms with Gasteiger partial charge in [0.05, 0.1) is 31.8 Å². The van der Waals surface area contributed by atoms with Crippen LogP contribution in [0.4, 0.5) is 0 Å². The number of allylic oxidation sites excluding steroid dienone is 1. The van der Waals surface area contributed by atoms with Gasteiger partial charge in [0, 0.05) is 30.2 Å². The van der Waals surface area contributed by atoms with Crippen LogP contribution in [-0.4, -0.2) is 30.9 Å². The zero-order chi connectivity index (χ0) is 21.7. The highest BCUT2D eigenvalue weighted by molar-refractivity contribution is 5.92. The molecule has 7 nitrogen and oxygen atoms in total. The van der Waals surface area contributed by atoms with Crippen molar-refractivity contribution in [1.29, 1.82) is 0 Å². The zero-order valence-electron chi connectivity index (χ0n) is 17.8. The number of esters is 2. The van der Waals surface area contributed by atoms with Gasteiger partial charge in [-0.3, -0.25) is 14.4 Å². The third kappa shape index (κ3) is 3.06. The van der Waals surface area contributed by atoms with Crippen LogP contribution < -0.4 is 0 Å². The lowest BCUT2D eigenvalue weighted by atomic mass is 9.44. The second kappa shape index (κ2) is 7.29. The molecule has 0 unspecified atom stereocenters. The second-order valence-electron chi connectivity index (χ2n) is 9.20. The Bertz CT molecular complexity index is 885. The predicted molar refractivity (Wildman–Crippen MR) is 105 cm³/mol. The van der Waals surface area contributed by atoms with Gasteiger partial charge in [0.2, 0.25) is 0 Å². The van der Waals surface area contributed by atoms with Gasteiger partial charge in [-0.05, 0) is 36.3 Å². The maximum atomic E-state index is 13.7. The Balaban J connectivity index is 1.78. The van der Waals surface area contributed by atoms with Crippen molar-refractivity contribution < 1.29 is 33.0 Å². The molecule has 0 spiro atoms. The molecule has 0 bridgehead atoms. The maximum Gasteiger partial charge on any atom is 0.309 e. The highest BCUT2D eigenvalue weighted by atomic mass is 16.5. The molecular formula is C23H28O7. The molecule has 0 N–H and O–H groups in total. The van der Waals surface area contributed by atoms with E-state index in [4.69, 9.17) is 18.6 Å². The fourth-order valence-electron chi connectivity index (χ4n) is 6.06. The average molecular weight is 416 g/mol. The van der Waals surface area contributed by atoms with Crippen LogP contribution in [0.5, 0.6) is 0 Å². The molecule has 4 rings (SSSR count). The molecular weight excluding hydrogens is 388 g/mol. The number of rotatable bonds is 3. The van der Waals surface area contributed by atoms with E-state index < -0.39 is 34.7 Å². The summed E-state index contributed by atoms with van der Waals surface area (Å²) in [4.78, 5) is 38.1. The minimum atomic E-state index is -0.948. The molecule has 7 heteroatoms. The van der Waals surface area contributed by atoms with Crippen molar-refractivity contribution in [2.75, 3.05) is 7.11 Å². The summed E-state index contributed by atoms with van der Waals surface area (Å²) in [6, 6.07) is 1.86. The molecule has 2 saturated carbocycles. The molecule has 1 aliphatic heterocycles. The summed E-state index contributed by atoms with van der Waals surface area (Å²) in [6.45, 7) is 5.36. The molecule has 3 aliphatic rings. The number of furan rings is 1. The monoisotopic (exact) mass is 416 g/mol. The third-order valence-electron chi connectivity index (χ3n) is 7.50. The zero-order valence-corrected chi connectivity index (χ0v) is 17.8. The quantitative estimate of drug-likeness (QED) is 0.693. The molecule has 0 aromatic carbocycles. The van der Waals surface area contributed by atoms with Crippen LogP contribution in [0.1, 0.15) is 58.1 Å². The van der Waals surface area contributed by atoms with E-state index in [-0.39, 0.29) is 24.3 Å². The molecule has 6 atom stereocenters. The van der Waals surface area contributed by atoms with Gasteiger partial charge >= 0.3 is 11.9 Å². The number of hydrogen-bond acceptors (Lipinski definition) is 7. The van der Waals surface area contributed by atoms with Crippen LogP contribution in [0.2, 0.25) is 0 Å². The van der Waals surface area contributed by atoms with E-state index in [0.717, 1.165) is 17.6 Å². The topological polar surface area (TPSA) is 92.0 Å². The number of carbonyl (C=O) groups is 3. The summed E-state index contributed by atoms with van der Waals surface area (Å²) >= 11 is 0. The number of methoxy groups -OCH3 is 1. The molecule has 2 aliphatic carbocycles. The van der Waals surface area contributed by atoms with Crippen LogP contribution >= 0.6 is 0 Å². The smallest absolute Gasteiger partial charge is 0.309 e. The van der Waals surface area contributed by atoms with Crippen molar-refractivity contribution in [2.24, 2.45) is 22.7 Å². The first-order valence-electron chi connectivity index (χ1n) is 10.4. The normalized spacial score (nSPS) is 37.9. The van der Waals surface area contributed by atoms with Gasteiger partial charge in [0.15, 0.2) is 11.9 Å². The Morgan fingerprint density at radius 3 is 2.67 bits per heavy atom. The lowest BCUT2D eigenvalue weighted by Gasteiger charge is -2.59. The predicted octanol–water partition coefficient (Wildman–Crippen LogP) is 3.74. The first kappa shape index (κ1) is 20.7. The van der Waals surface area contributed by atoms with Crippen molar-refractivity contribution in [1.82, 2.24) is 0 Å². The number of hydrogen-bond donors (Lipinski definition) is 0. The maximum absolute atomic E-state index is 13.7. The highest BCUT2D eigenvalue weighted by Gasteiger charge is 2.64. The van der Waals surface area contributed by atoms with Crippen LogP contribution in [0, 0.1) is 22.7 Å². The van der Waals surface area contributed by atoms with E-state index in [0.29, 0.717) is 12.8 Å². The minimum Gasteiger partial charge on any atom is -0.493 e. The number of carbonyl (C=O) groups excluding carboxylic acids is 3. The Morgan fingerprint density at radius 2 is 2.03 bits per heavy atom. The molecule has 2 heterocycles. The molecule has 0 radical (unpaired) electrons. The Hall–Kier alpha value is -2.57. The Kier molecular flexibility index (Phi) is 5.03.